The largest absolute Gasteiger partial charge is 0.366 e. The lowest BCUT2D eigenvalue weighted by molar-refractivity contribution is 0.1000. The zero-order valence-corrected chi connectivity index (χ0v) is 8.70. The van der Waals surface area contributed by atoms with E-state index >= 15 is 0 Å². The van der Waals surface area contributed by atoms with Crippen LogP contribution in [0, 0.1) is 0 Å². The molecule has 2 N–H and O–H groups in total. The molecule has 4 nitrogen and oxygen atoms in total. The summed E-state index contributed by atoms with van der Waals surface area (Å²) in [5.74, 6) is -0.433. The molecule has 0 aromatic carbocycles. The van der Waals surface area contributed by atoms with Crippen molar-refractivity contribution >= 4 is 17.2 Å². The van der Waals surface area contributed by atoms with Gasteiger partial charge >= 0.3 is 0 Å². The lowest BCUT2D eigenvalue weighted by Gasteiger charge is -1.99. The van der Waals surface area contributed by atoms with E-state index in [4.69, 9.17) is 5.73 Å². The van der Waals surface area contributed by atoms with Crippen molar-refractivity contribution < 1.29 is 4.79 Å². The van der Waals surface area contributed by atoms with E-state index in [1.54, 1.807) is 35.9 Å². The minimum Gasteiger partial charge on any atom is -0.366 e. The molecule has 2 aromatic heterocycles. The number of amides is 1. The third kappa shape index (κ3) is 2.38. The fraction of sp³-hybridized carbons (Fsp3) is 0.100. The molecular formula is C10H9N3OS. The monoisotopic (exact) mass is 219 g/mol. The van der Waals surface area contributed by atoms with Crippen molar-refractivity contribution in [3.05, 3.63) is 46.2 Å². The van der Waals surface area contributed by atoms with E-state index in [2.05, 4.69) is 9.97 Å². The minimum atomic E-state index is -0.433. The van der Waals surface area contributed by atoms with Gasteiger partial charge < -0.3 is 5.73 Å². The summed E-state index contributed by atoms with van der Waals surface area (Å²) < 4.78 is 0. The predicted octanol–water partition coefficient (Wildman–Crippen LogP) is 1.23. The first-order valence-electron chi connectivity index (χ1n) is 4.39. The van der Waals surface area contributed by atoms with Crippen molar-refractivity contribution in [2.75, 3.05) is 0 Å². The molecule has 0 aliphatic carbocycles. The maximum absolute atomic E-state index is 10.9. The summed E-state index contributed by atoms with van der Waals surface area (Å²) in [6.45, 7) is 0. The van der Waals surface area contributed by atoms with Gasteiger partial charge in [0.1, 0.15) is 0 Å². The summed E-state index contributed by atoms with van der Waals surface area (Å²) in [4.78, 5) is 19.2. The second-order valence-corrected chi connectivity index (χ2v) is 3.98. The number of carbonyl (C=O) groups excluding carboxylic acids is 1. The van der Waals surface area contributed by atoms with Crippen molar-refractivity contribution in [2.24, 2.45) is 5.73 Å². The molecule has 0 unspecified atom stereocenters. The Morgan fingerprint density at radius 1 is 1.40 bits per heavy atom. The Bertz CT molecular complexity index is 467. The lowest BCUT2D eigenvalue weighted by Crippen LogP contribution is -2.11. The van der Waals surface area contributed by atoms with E-state index < -0.39 is 5.91 Å². The predicted molar refractivity (Wildman–Crippen MR) is 57.7 cm³/mol. The van der Waals surface area contributed by atoms with E-state index in [1.807, 2.05) is 5.38 Å². The molecule has 15 heavy (non-hydrogen) atoms. The molecule has 0 saturated carbocycles. The molecule has 2 rings (SSSR count). The van der Waals surface area contributed by atoms with E-state index in [0.717, 1.165) is 10.7 Å². The normalized spacial score (nSPS) is 10.1. The van der Waals surface area contributed by atoms with Gasteiger partial charge in [-0.2, -0.15) is 0 Å². The Labute approximate surface area is 90.8 Å². The van der Waals surface area contributed by atoms with Crippen LogP contribution in [0.3, 0.4) is 0 Å². The highest BCUT2D eigenvalue weighted by atomic mass is 32.1. The topological polar surface area (TPSA) is 68.9 Å². The molecule has 0 fully saturated rings. The SMILES string of the molecule is NC(=O)c1ccnc(Cc2nccs2)c1. The Morgan fingerprint density at radius 3 is 2.93 bits per heavy atom. The highest BCUT2D eigenvalue weighted by Crippen LogP contribution is 2.10. The Morgan fingerprint density at radius 2 is 2.27 bits per heavy atom. The number of nitrogens with two attached hydrogens (primary N) is 1. The van der Waals surface area contributed by atoms with Crippen LogP contribution in [0.2, 0.25) is 0 Å². The number of hydrogen-bond donors (Lipinski definition) is 1. The van der Waals surface area contributed by atoms with Crippen LogP contribution < -0.4 is 5.73 Å². The summed E-state index contributed by atoms with van der Waals surface area (Å²) in [7, 11) is 0. The summed E-state index contributed by atoms with van der Waals surface area (Å²) in [6, 6.07) is 3.30. The van der Waals surface area contributed by atoms with Gasteiger partial charge in [0.05, 0.1) is 5.01 Å². The first-order valence-corrected chi connectivity index (χ1v) is 5.27. The molecule has 76 valence electrons. The van der Waals surface area contributed by atoms with Crippen molar-refractivity contribution in [3.63, 3.8) is 0 Å². The van der Waals surface area contributed by atoms with Gasteiger partial charge in [-0.15, -0.1) is 11.3 Å². The number of aromatic nitrogens is 2. The van der Waals surface area contributed by atoms with E-state index in [9.17, 15) is 4.79 Å². The first kappa shape index (κ1) is 9.79. The van der Waals surface area contributed by atoms with Crippen molar-refractivity contribution in [1.82, 2.24) is 9.97 Å². The average Bonchev–Trinajstić information content (AvgIpc) is 2.71. The van der Waals surface area contributed by atoms with Gasteiger partial charge in [-0.1, -0.05) is 0 Å². The van der Waals surface area contributed by atoms with Crippen molar-refractivity contribution in [3.8, 4) is 0 Å². The standard InChI is InChI=1S/C10H9N3OS/c11-10(14)7-1-2-12-8(5-7)6-9-13-3-4-15-9/h1-5H,6H2,(H2,11,14). The molecule has 0 atom stereocenters. The van der Waals surface area contributed by atoms with Crippen LogP contribution in [0.15, 0.2) is 29.9 Å². The molecule has 1 amide bonds. The summed E-state index contributed by atoms with van der Waals surface area (Å²) in [5.41, 5.74) is 6.47. The molecule has 0 bridgehead atoms. The minimum absolute atomic E-state index is 0.433. The van der Waals surface area contributed by atoms with E-state index in [1.165, 1.54) is 0 Å². The van der Waals surface area contributed by atoms with Gasteiger partial charge in [-0.25, -0.2) is 4.98 Å². The van der Waals surface area contributed by atoms with Gasteiger partial charge in [0, 0.05) is 35.5 Å². The maximum atomic E-state index is 10.9. The highest BCUT2D eigenvalue weighted by molar-refractivity contribution is 7.09. The molecular weight excluding hydrogens is 210 g/mol. The number of pyridine rings is 1. The second kappa shape index (κ2) is 4.18. The van der Waals surface area contributed by atoms with Crippen molar-refractivity contribution in [2.45, 2.75) is 6.42 Å². The molecule has 0 spiro atoms. The van der Waals surface area contributed by atoms with Crippen LogP contribution >= 0.6 is 11.3 Å². The van der Waals surface area contributed by atoms with Gasteiger partial charge in [0.2, 0.25) is 5.91 Å². The number of rotatable bonds is 3. The van der Waals surface area contributed by atoms with Gasteiger partial charge in [-0.05, 0) is 12.1 Å². The fourth-order valence-corrected chi connectivity index (χ4v) is 1.86. The van der Waals surface area contributed by atoms with Crippen LogP contribution in [0.4, 0.5) is 0 Å². The molecule has 2 heterocycles. The van der Waals surface area contributed by atoms with Crippen LogP contribution in [0.5, 0.6) is 0 Å². The van der Waals surface area contributed by atoms with Gasteiger partial charge in [-0.3, -0.25) is 9.78 Å². The third-order valence-corrected chi connectivity index (χ3v) is 2.70. The number of thiazole rings is 1. The van der Waals surface area contributed by atoms with Crippen LogP contribution in [0.25, 0.3) is 0 Å². The first-order chi connectivity index (χ1) is 7.25. The van der Waals surface area contributed by atoms with E-state index in [0.29, 0.717) is 12.0 Å². The smallest absolute Gasteiger partial charge is 0.248 e. The third-order valence-electron chi connectivity index (χ3n) is 1.92. The Hall–Kier alpha value is -1.75. The molecule has 0 aliphatic heterocycles. The molecule has 2 aromatic rings. The van der Waals surface area contributed by atoms with Gasteiger partial charge in [0.25, 0.3) is 0 Å². The molecule has 0 saturated heterocycles. The second-order valence-electron chi connectivity index (χ2n) is 3.00. The average molecular weight is 219 g/mol. The Kier molecular flexibility index (Phi) is 2.73. The number of carbonyl (C=O) groups is 1. The highest BCUT2D eigenvalue weighted by Gasteiger charge is 2.04. The maximum Gasteiger partial charge on any atom is 0.248 e. The molecule has 5 heteroatoms. The number of nitrogens with zero attached hydrogens (tertiary/aromatic N) is 2. The quantitative estimate of drug-likeness (QED) is 0.844. The van der Waals surface area contributed by atoms with Crippen molar-refractivity contribution in [1.29, 1.82) is 0 Å². The number of primary amides is 1. The van der Waals surface area contributed by atoms with Crippen LogP contribution in [-0.2, 0) is 6.42 Å². The number of hydrogen-bond acceptors (Lipinski definition) is 4. The van der Waals surface area contributed by atoms with Gasteiger partial charge in [0.15, 0.2) is 0 Å². The summed E-state index contributed by atoms with van der Waals surface area (Å²) in [6.07, 6.45) is 3.97. The Balaban J connectivity index is 2.22. The molecule has 0 aliphatic rings. The fourth-order valence-electron chi connectivity index (χ4n) is 1.22. The van der Waals surface area contributed by atoms with E-state index in [-0.39, 0.29) is 0 Å². The lowest BCUT2D eigenvalue weighted by atomic mass is 10.2. The van der Waals surface area contributed by atoms with Crippen LogP contribution in [-0.4, -0.2) is 15.9 Å². The molecule has 0 radical (unpaired) electrons. The van der Waals surface area contributed by atoms with Crippen LogP contribution in [0.1, 0.15) is 21.1 Å². The summed E-state index contributed by atoms with van der Waals surface area (Å²) in [5, 5.41) is 2.89. The zero-order chi connectivity index (χ0) is 10.7. The zero-order valence-electron chi connectivity index (χ0n) is 7.88. The summed E-state index contributed by atoms with van der Waals surface area (Å²) >= 11 is 1.56.